The third kappa shape index (κ3) is 5.14. The molecule has 0 radical (unpaired) electrons. The lowest BCUT2D eigenvalue weighted by molar-refractivity contribution is 0.197. The number of piperazine rings is 1. The number of rotatable bonds is 5. The van der Waals surface area contributed by atoms with Gasteiger partial charge in [-0.3, -0.25) is 9.80 Å². The maximum atomic E-state index is 5.87. The van der Waals surface area contributed by atoms with Gasteiger partial charge in [0.1, 0.15) is 11.3 Å². The SMILES string of the molecule is CN(CCN1CCNCC1)Cc1cc2ccccc2o1.Cl.Cl. The van der Waals surface area contributed by atoms with Crippen molar-refractivity contribution >= 4 is 35.8 Å². The Morgan fingerprint density at radius 3 is 2.64 bits per heavy atom. The van der Waals surface area contributed by atoms with Crippen molar-refractivity contribution in [2.75, 3.05) is 46.3 Å². The van der Waals surface area contributed by atoms with Gasteiger partial charge in [0.25, 0.3) is 0 Å². The zero-order valence-electron chi connectivity index (χ0n) is 13.0. The number of furan rings is 1. The zero-order valence-corrected chi connectivity index (χ0v) is 14.6. The fourth-order valence-electron chi connectivity index (χ4n) is 2.71. The van der Waals surface area contributed by atoms with Crippen molar-refractivity contribution in [1.29, 1.82) is 0 Å². The first-order chi connectivity index (χ1) is 9.81. The molecule has 2 aromatic rings. The quantitative estimate of drug-likeness (QED) is 0.902. The van der Waals surface area contributed by atoms with Crippen LogP contribution in [0.5, 0.6) is 0 Å². The monoisotopic (exact) mass is 345 g/mol. The van der Waals surface area contributed by atoms with E-state index >= 15 is 0 Å². The van der Waals surface area contributed by atoms with Crippen LogP contribution in [0.25, 0.3) is 11.0 Å². The van der Waals surface area contributed by atoms with Gasteiger partial charge in [-0.25, -0.2) is 0 Å². The molecule has 1 aromatic carbocycles. The third-order valence-corrected chi connectivity index (χ3v) is 3.91. The van der Waals surface area contributed by atoms with Crippen LogP contribution < -0.4 is 5.32 Å². The molecule has 1 aliphatic rings. The maximum Gasteiger partial charge on any atom is 0.134 e. The lowest BCUT2D eigenvalue weighted by atomic mass is 10.2. The molecule has 0 saturated carbocycles. The number of halogens is 2. The Bertz CT molecular complexity index is 522. The van der Waals surface area contributed by atoms with Gasteiger partial charge in [0.2, 0.25) is 0 Å². The van der Waals surface area contributed by atoms with Crippen molar-refractivity contribution in [3.05, 3.63) is 36.1 Å². The van der Waals surface area contributed by atoms with Gasteiger partial charge in [0, 0.05) is 44.7 Å². The van der Waals surface area contributed by atoms with E-state index in [0.29, 0.717) is 0 Å². The van der Waals surface area contributed by atoms with Crippen molar-refractivity contribution < 1.29 is 4.42 Å². The van der Waals surface area contributed by atoms with E-state index in [0.717, 1.165) is 44.1 Å². The van der Waals surface area contributed by atoms with Crippen LogP contribution in [0.3, 0.4) is 0 Å². The van der Waals surface area contributed by atoms with Gasteiger partial charge in [0.15, 0.2) is 0 Å². The first-order valence-electron chi connectivity index (χ1n) is 7.40. The number of para-hydroxylation sites is 1. The normalized spacial score (nSPS) is 15.5. The van der Waals surface area contributed by atoms with E-state index in [9.17, 15) is 0 Å². The van der Waals surface area contributed by atoms with Crippen molar-refractivity contribution in [1.82, 2.24) is 15.1 Å². The molecule has 0 unspecified atom stereocenters. The van der Waals surface area contributed by atoms with Crippen molar-refractivity contribution in [2.45, 2.75) is 6.54 Å². The lowest BCUT2D eigenvalue weighted by Crippen LogP contribution is -2.45. The van der Waals surface area contributed by atoms with E-state index in [-0.39, 0.29) is 24.8 Å². The molecule has 1 aliphatic heterocycles. The summed E-state index contributed by atoms with van der Waals surface area (Å²) < 4.78 is 5.87. The molecule has 0 spiro atoms. The van der Waals surface area contributed by atoms with Crippen LogP contribution in [0.4, 0.5) is 0 Å². The van der Waals surface area contributed by atoms with Crippen LogP contribution in [0, 0.1) is 0 Å². The Morgan fingerprint density at radius 2 is 1.91 bits per heavy atom. The lowest BCUT2D eigenvalue weighted by Gasteiger charge is -2.28. The molecule has 6 heteroatoms. The number of nitrogens with zero attached hydrogens (tertiary/aromatic N) is 2. The van der Waals surface area contributed by atoms with E-state index in [1.807, 2.05) is 12.1 Å². The number of fused-ring (bicyclic) bond motifs is 1. The highest BCUT2D eigenvalue weighted by Gasteiger charge is 2.11. The second kappa shape index (κ2) is 9.38. The molecule has 1 fully saturated rings. The molecule has 0 aliphatic carbocycles. The van der Waals surface area contributed by atoms with Crippen molar-refractivity contribution in [3.8, 4) is 0 Å². The molecule has 124 valence electrons. The van der Waals surface area contributed by atoms with Crippen LogP contribution in [-0.4, -0.2) is 56.1 Å². The van der Waals surface area contributed by atoms with Gasteiger partial charge < -0.3 is 9.73 Å². The minimum Gasteiger partial charge on any atom is -0.460 e. The molecule has 4 nitrogen and oxygen atoms in total. The Hall–Kier alpha value is -0.780. The minimum atomic E-state index is 0. The van der Waals surface area contributed by atoms with Gasteiger partial charge in [-0.2, -0.15) is 0 Å². The van der Waals surface area contributed by atoms with Crippen LogP contribution in [0.1, 0.15) is 5.76 Å². The molecule has 1 N–H and O–H groups in total. The highest BCUT2D eigenvalue weighted by molar-refractivity contribution is 5.85. The molecular formula is C16H25Cl2N3O. The molecule has 1 saturated heterocycles. The Morgan fingerprint density at radius 1 is 1.18 bits per heavy atom. The first-order valence-corrected chi connectivity index (χ1v) is 7.40. The summed E-state index contributed by atoms with van der Waals surface area (Å²) in [5, 5.41) is 4.58. The van der Waals surface area contributed by atoms with E-state index in [1.165, 1.54) is 18.5 Å². The zero-order chi connectivity index (χ0) is 13.8. The summed E-state index contributed by atoms with van der Waals surface area (Å²) >= 11 is 0. The molecule has 2 heterocycles. The van der Waals surface area contributed by atoms with Crippen molar-refractivity contribution in [3.63, 3.8) is 0 Å². The molecule has 0 bridgehead atoms. The summed E-state index contributed by atoms with van der Waals surface area (Å²) in [5.41, 5.74) is 0.984. The maximum absolute atomic E-state index is 5.87. The summed E-state index contributed by atoms with van der Waals surface area (Å²) in [6, 6.07) is 10.3. The van der Waals surface area contributed by atoms with Crippen LogP contribution in [0.15, 0.2) is 34.7 Å². The molecule has 3 rings (SSSR count). The van der Waals surface area contributed by atoms with Gasteiger partial charge in [0.05, 0.1) is 6.54 Å². The number of hydrogen-bond donors (Lipinski definition) is 1. The third-order valence-electron chi connectivity index (χ3n) is 3.91. The Kier molecular flexibility index (Phi) is 8.21. The summed E-state index contributed by atoms with van der Waals surface area (Å²) in [6.45, 7) is 7.66. The van der Waals surface area contributed by atoms with E-state index in [2.05, 4.69) is 40.4 Å². The average Bonchev–Trinajstić information content (AvgIpc) is 2.88. The molecule has 22 heavy (non-hydrogen) atoms. The molecular weight excluding hydrogens is 321 g/mol. The number of likely N-dealkylation sites (N-methyl/N-ethyl adjacent to an activating group) is 1. The standard InChI is InChI=1S/C16H23N3O.2ClH/c1-18(10-11-19-8-6-17-7-9-19)13-15-12-14-4-2-3-5-16(14)20-15;;/h2-5,12,17H,6-11,13H2,1H3;2*1H. The first kappa shape index (κ1) is 19.3. The number of hydrogen-bond acceptors (Lipinski definition) is 4. The second-order valence-corrected chi connectivity index (χ2v) is 5.58. The highest BCUT2D eigenvalue weighted by Crippen LogP contribution is 2.19. The van der Waals surface area contributed by atoms with Gasteiger partial charge in [-0.1, -0.05) is 18.2 Å². The average molecular weight is 346 g/mol. The summed E-state index contributed by atoms with van der Waals surface area (Å²) in [4.78, 5) is 4.85. The second-order valence-electron chi connectivity index (χ2n) is 5.58. The molecule has 0 atom stereocenters. The molecule has 0 amide bonds. The van der Waals surface area contributed by atoms with Crippen LogP contribution in [0.2, 0.25) is 0 Å². The largest absolute Gasteiger partial charge is 0.460 e. The smallest absolute Gasteiger partial charge is 0.134 e. The van der Waals surface area contributed by atoms with E-state index in [4.69, 9.17) is 4.42 Å². The fourth-order valence-corrected chi connectivity index (χ4v) is 2.71. The number of benzene rings is 1. The Labute approximate surface area is 144 Å². The van der Waals surface area contributed by atoms with Gasteiger partial charge >= 0.3 is 0 Å². The summed E-state index contributed by atoms with van der Waals surface area (Å²) in [7, 11) is 2.16. The van der Waals surface area contributed by atoms with Gasteiger partial charge in [-0.15, -0.1) is 24.8 Å². The van der Waals surface area contributed by atoms with Crippen LogP contribution in [-0.2, 0) is 6.54 Å². The van der Waals surface area contributed by atoms with E-state index < -0.39 is 0 Å². The summed E-state index contributed by atoms with van der Waals surface area (Å²) in [6.07, 6.45) is 0. The summed E-state index contributed by atoms with van der Waals surface area (Å²) in [5.74, 6) is 1.05. The molecule has 1 aromatic heterocycles. The predicted octanol–water partition coefficient (Wildman–Crippen LogP) is 2.61. The highest BCUT2D eigenvalue weighted by atomic mass is 35.5. The van der Waals surface area contributed by atoms with Crippen LogP contribution >= 0.6 is 24.8 Å². The fraction of sp³-hybridized carbons (Fsp3) is 0.500. The van der Waals surface area contributed by atoms with Gasteiger partial charge in [-0.05, 0) is 19.2 Å². The van der Waals surface area contributed by atoms with E-state index in [1.54, 1.807) is 0 Å². The minimum absolute atomic E-state index is 0. The Balaban J connectivity index is 0.00000121. The number of nitrogens with one attached hydrogen (secondary N) is 1. The predicted molar refractivity (Wildman–Crippen MR) is 96.4 cm³/mol. The topological polar surface area (TPSA) is 31.6 Å². The van der Waals surface area contributed by atoms with Crippen molar-refractivity contribution in [2.24, 2.45) is 0 Å².